The lowest BCUT2D eigenvalue weighted by Gasteiger charge is -2.14. The molecule has 0 fully saturated rings. The van der Waals surface area contributed by atoms with Gasteiger partial charge in [-0.25, -0.2) is 13.9 Å². The fourth-order valence-electron chi connectivity index (χ4n) is 2.93. The normalized spacial score (nSPS) is 11.5. The van der Waals surface area contributed by atoms with Crippen LogP contribution in [0.25, 0.3) is 5.69 Å². The molecule has 11 heteroatoms. The molecule has 10 nitrogen and oxygen atoms in total. The molecule has 0 aliphatic heterocycles. The van der Waals surface area contributed by atoms with E-state index in [4.69, 9.17) is 9.47 Å². The second-order valence-electron chi connectivity index (χ2n) is 6.91. The molecule has 2 aromatic carbocycles. The second-order valence-corrected chi connectivity index (χ2v) is 6.91. The Balaban J connectivity index is 1.73. The van der Waals surface area contributed by atoms with Crippen molar-refractivity contribution >= 4 is 17.6 Å². The highest BCUT2D eigenvalue weighted by molar-refractivity contribution is 5.90. The molecule has 3 aromatic rings. The van der Waals surface area contributed by atoms with Crippen LogP contribution in [0.5, 0.6) is 5.75 Å². The summed E-state index contributed by atoms with van der Waals surface area (Å²) in [4.78, 5) is 34.9. The van der Waals surface area contributed by atoms with Crippen molar-refractivity contribution in [1.29, 1.82) is 0 Å². The van der Waals surface area contributed by atoms with Gasteiger partial charge in [0.2, 0.25) is 5.69 Å². The van der Waals surface area contributed by atoms with E-state index in [0.29, 0.717) is 11.3 Å². The predicted octanol–water partition coefficient (Wildman–Crippen LogP) is 3.35. The summed E-state index contributed by atoms with van der Waals surface area (Å²) in [5.74, 6) is -1.58. The number of nitro benzene ring substituents is 1. The van der Waals surface area contributed by atoms with Crippen molar-refractivity contribution in [2.24, 2.45) is 0 Å². The number of ether oxygens (including phenoxy) is 2. The minimum atomic E-state index is -0.742. The Morgan fingerprint density at radius 1 is 1.18 bits per heavy atom. The van der Waals surface area contributed by atoms with Crippen LogP contribution in [0.4, 0.5) is 10.1 Å². The predicted molar refractivity (Wildman–Crippen MR) is 115 cm³/mol. The molecule has 0 bridgehead atoms. The quantitative estimate of drug-likeness (QED) is 0.297. The van der Waals surface area contributed by atoms with Gasteiger partial charge < -0.3 is 14.8 Å². The van der Waals surface area contributed by atoms with Gasteiger partial charge in [0, 0.05) is 12.1 Å². The first-order valence-electron chi connectivity index (χ1n) is 9.97. The third-order valence-electron chi connectivity index (χ3n) is 4.58. The standard InChI is InChI=1S/C22H21FN4O6/c1-3-32-22(29)21-19(12-26(25-21)17-8-10-18(11-9-17)27(30)31)33-13-20(28)24-14(2)15-4-6-16(23)7-5-15/h4-12,14H,3,13H2,1-2H3,(H,24,28). The lowest BCUT2D eigenvalue weighted by Crippen LogP contribution is -2.31. The molecule has 0 aliphatic rings. The summed E-state index contributed by atoms with van der Waals surface area (Å²) in [6, 6.07) is 10.8. The van der Waals surface area contributed by atoms with E-state index in [0.717, 1.165) is 0 Å². The van der Waals surface area contributed by atoms with Crippen LogP contribution in [-0.2, 0) is 9.53 Å². The molecule has 0 radical (unpaired) electrons. The molecular formula is C22H21FN4O6. The van der Waals surface area contributed by atoms with Gasteiger partial charge in [0.1, 0.15) is 5.82 Å². The van der Waals surface area contributed by atoms with E-state index >= 15 is 0 Å². The Bertz CT molecular complexity index is 1140. The van der Waals surface area contributed by atoms with E-state index in [2.05, 4.69) is 10.4 Å². The topological polar surface area (TPSA) is 126 Å². The number of carbonyl (C=O) groups excluding carboxylic acids is 2. The number of benzene rings is 2. The Kier molecular flexibility index (Phi) is 7.34. The molecular weight excluding hydrogens is 435 g/mol. The van der Waals surface area contributed by atoms with Crippen LogP contribution in [0.1, 0.15) is 35.9 Å². The van der Waals surface area contributed by atoms with Crippen LogP contribution >= 0.6 is 0 Å². The molecule has 172 valence electrons. The molecule has 0 spiro atoms. The molecule has 1 atom stereocenters. The van der Waals surface area contributed by atoms with E-state index in [9.17, 15) is 24.1 Å². The van der Waals surface area contributed by atoms with Crippen molar-refractivity contribution < 1.29 is 28.4 Å². The van der Waals surface area contributed by atoms with Gasteiger partial charge in [-0.3, -0.25) is 14.9 Å². The van der Waals surface area contributed by atoms with E-state index in [1.165, 1.54) is 47.3 Å². The summed E-state index contributed by atoms with van der Waals surface area (Å²) in [5.41, 5.74) is 0.910. The number of nitrogens with zero attached hydrogens (tertiary/aromatic N) is 3. The van der Waals surface area contributed by atoms with Crippen LogP contribution in [0.15, 0.2) is 54.7 Å². The number of hydrogen-bond acceptors (Lipinski definition) is 7. The summed E-state index contributed by atoms with van der Waals surface area (Å²) in [5, 5.41) is 17.7. The van der Waals surface area contributed by atoms with Crippen LogP contribution in [-0.4, -0.2) is 39.8 Å². The number of esters is 1. The highest BCUT2D eigenvalue weighted by Gasteiger charge is 2.22. The molecule has 1 N–H and O–H groups in total. The maximum Gasteiger partial charge on any atom is 0.362 e. The maximum atomic E-state index is 13.1. The summed E-state index contributed by atoms with van der Waals surface area (Å²) < 4.78 is 24.9. The van der Waals surface area contributed by atoms with Crippen molar-refractivity contribution in [2.75, 3.05) is 13.2 Å². The molecule has 1 aromatic heterocycles. The Hall–Kier alpha value is -4.28. The van der Waals surface area contributed by atoms with E-state index < -0.39 is 29.4 Å². The van der Waals surface area contributed by atoms with E-state index in [-0.39, 0.29) is 29.6 Å². The molecule has 0 saturated carbocycles. The van der Waals surface area contributed by atoms with Gasteiger partial charge in [-0.15, -0.1) is 0 Å². The number of nitro groups is 1. The first-order valence-corrected chi connectivity index (χ1v) is 9.97. The molecule has 1 amide bonds. The lowest BCUT2D eigenvalue weighted by atomic mass is 10.1. The minimum absolute atomic E-state index is 0.0105. The summed E-state index contributed by atoms with van der Waals surface area (Å²) >= 11 is 0. The van der Waals surface area contributed by atoms with Gasteiger partial charge >= 0.3 is 5.97 Å². The number of aromatic nitrogens is 2. The van der Waals surface area contributed by atoms with Crippen molar-refractivity contribution in [2.45, 2.75) is 19.9 Å². The zero-order valence-corrected chi connectivity index (χ0v) is 17.9. The molecule has 1 heterocycles. The van der Waals surface area contributed by atoms with Crippen LogP contribution in [0.2, 0.25) is 0 Å². The minimum Gasteiger partial charge on any atom is -0.480 e. The van der Waals surface area contributed by atoms with Gasteiger partial charge in [0.05, 0.1) is 29.5 Å². The number of amides is 1. The number of carbonyl (C=O) groups is 2. The average Bonchev–Trinajstić information content (AvgIpc) is 3.23. The largest absolute Gasteiger partial charge is 0.480 e. The van der Waals surface area contributed by atoms with Gasteiger partial charge in [-0.2, -0.15) is 5.10 Å². The summed E-state index contributed by atoms with van der Waals surface area (Å²) in [7, 11) is 0. The van der Waals surface area contributed by atoms with Crippen LogP contribution < -0.4 is 10.1 Å². The van der Waals surface area contributed by atoms with Crippen LogP contribution in [0, 0.1) is 15.9 Å². The Morgan fingerprint density at radius 2 is 1.85 bits per heavy atom. The average molecular weight is 456 g/mol. The monoisotopic (exact) mass is 456 g/mol. The van der Waals surface area contributed by atoms with Crippen molar-refractivity contribution in [1.82, 2.24) is 15.1 Å². The zero-order valence-electron chi connectivity index (χ0n) is 17.9. The zero-order chi connectivity index (χ0) is 24.0. The highest BCUT2D eigenvalue weighted by Crippen LogP contribution is 2.22. The van der Waals surface area contributed by atoms with E-state index in [1.54, 1.807) is 26.0 Å². The number of non-ortho nitro benzene ring substituents is 1. The Morgan fingerprint density at radius 3 is 2.45 bits per heavy atom. The number of nitrogens with one attached hydrogen (secondary N) is 1. The van der Waals surface area contributed by atoms with Gasteiger partial charge in [0.15, 0.2) is 12.4 Å². The van der Waals surface area contributed by atoms with Crippen molar-refractivity contribution in [3.05, 3.63) is 81.9 Å². The smallest absolute Gasteiger partial charge is 0.362 e. The molecule has 33 heavy (non-hydrogen) atoms. The second kappa shape index (κ2) is 10.4. The maximum absolute atomic E-state index is 13.1. The number of hydrogen-bond donors (Lipinski definition) is 1. The number of halogens is 1. The molecule has 1 unspecified atom stereocenters. The first-order chi connectivity index (χ1) is 15.8. The third-order valence-corrected chi connectivity index (χ3v) is 4.58. The molecule has 3 rings (SSSR count). The van der Waals surface area contributed by atoms with Gasteiger partial charge in [-0.05, 0) is 43.7 Å². The summed E-state index contributed by atoms with van der Waals surface area (Å²) in [6.45, 7) is 3.07. The summed E-state index contributed by atoms with van der Waals surface area (Å²) in [6.07, 6.45) is 1.38. The number of rotatable bonds is 9. The van der Waals surface area contributed by atoms with Gasteiger partial charge in [0.25, 0.3) is 11.6 Å². The van der Waals surface area contributed by atoms with Crippen LogP contribution in [0.3, 0.4) is 0 Å². The fraction of sp³-hybridized carbons (Fsp3) is 0.227. The third kappa shape index (κ3) is 5.91. The van der Waals surface area contributed by atoms with E-state index in [1.807, 2.05) is 0 Å². The van der Waals surface area contributed by atoms with Crippen molar-refractivity contribution in [3.8, 4) is 11.4 Å². The lowest BCUT2D eigenvalue weighted by molar-refractivity contribution is -0.384. The Labute approximate surface area is 188 Å². The fourth-order valence-corrected chi connectivity index (χ4v) is 2.93. The molecule has 0 aliphatic carbocycles. The van der Waals surface area contributed by atoms with Gasteiger partial charge in [-0.1, -0.05) is 12.1 Å². The first kappa shape index (κ1) is 23.4. The van der Waals surface area contributed by atoms with Crippen molar-refractivity contribution in [3.63, 3.8) is 0 Å². The SMILES string of the molecule is CCOC(=O)c1nn(-c2ccc([N+](=O)[O-])cc2)cc1OCC(=O)NC(C)c1ccc(F)cc1. The highest BCUT2D eigenvalue weighted by atomic mass is 19.1. The molecule has 0 saturated heterocycles.